The van der Waals surface area contributed by atoms with E-state index in [2.05, 4.69) is 4.98 Å². The molecule has 0 radical (unpaired) electrons. The zero-order valence-electron chi connectivity index (χ0n) is 6.54. The molecule has 1 rings (SSSR count). The van der Waals surface area contributed by atoms with Gasteiger partial charge in [0.05, 0.1) is 0 Å². The van der Waals surface area contributed by atoms with Gasteiger partial charge in [0.15, 0.2) is 12.4 Å². The number of aromatic amines is 1. The number of aromatic nitrogens is 1. The minimum atomic E-state index is -3.12. The normalized spacial score (nSPS) is 7.67. The monoisotopic (exact) mass is 216 g/mol. The molecular weight excluding hydrogens is 208 g/mol. The fourth-order valence-electron chi connectivity index (χ4n) is 0.342. The van der Waals surface area contributed by atoms with Gasteiger partial charge in [0.25, 0.3) is 0 Å². The fraction of sp³-hybridized carbons (Fsp3) is 0. The molecule has 0 saturated carbocycles. The van der Waals surface area contributed by atoms with E-state index >= 15 is 0 Å². The zero-order valence-corrected chi connectivity index (χ0v) is 10.6. The number of hydrogen-bond acceptors (Lipinski definition) is 3. The first-order chi connectivity index (χ1) is 4.73. The van der Waals surface area contributed by atoms with E-state index in [1.165, 1.54) is 0 Å². The van der Waals surface area contributed by atoms with Crippen LogP contribution >= 0.6 is 8.25 Å². The number of pyridine rings is 1. The van der Waals surface area contributed by atoms with Gasteiger partial charge in [-0.25, -0.2) is 4.98 Å². The van der Waals surface area contributed by atoms with Crippen molar-refractivity contribution in [1.82, 2.24) is 0 Å². The fourth-order valence-corrected chi connectivity index (χ4v) is 0.342. The van der Waals surface area contributed by atoms with E-state index in [4.69, 9.17) is 14.4 Å². The van der Waals surface area contributed by atoms with Gasteiger partial charge in [-0.2, -0.15) is 4.89 Å². The maximum Gasteiger partial charge on any atom is 1.00 e. The summed E-state index contributed by atoms with van der Waals surface area (Å²) in [6.07, 6.45) is 3.75. The minimum Gasteiger partial charge on any atom is -0.870 e. The average molecular weight is 216 g/mol. The maximum absolute atomic E-state index is 8.59. The second kappa shape index (κ2) is 14.3. The largest absolute Gasteiger partial charge is 1.00 e. The molecule has 1 atom stereocenters. The van der Waals surface area contributed by atoms with Crippen molar-refractivity contribution in [1.29, 1.82) is 0 Å². The second-order valence-corrected chi connectivity index (χ2v) is 1.79. The van der Waals surface area contributed by atoms with E-state index in [0.29, 0.717) is 0 Å². The van der Waals surface area contributed by atoms with Crippen LogP contribution in [0.4, 0.5) is 0 Å². The van der Waals surface area contributed by atoms with Gasteiger partial charge in [-0.15, -0.1) is 0 Å². The van der Waals surface area contributed by atoms with Crippen molar-refractivity contribution >= 4 is 8.25 Å². The van der Waals surface area contributed by atoms with Gasteiger partial charge in [-0.1, -0.05) is 6.07 Å². The SMILES string of the molecule is O=[P+]([O-])O.[K+].[OH-].c1cc[nH+]cc1. The average Bonchev–Trinajstić information content (AvgIpc) is 1.90. The third-order valence-corrected chi connectivity index (χ3v) is 0.607. The summed E-state index contributed by atoms with van der Waals surface area (Å²) in [6.45, 7) is 0. The standard InChI is InChI=1S/C5H5N.K.HO3P.H2O/c1-2-4-6-5-3-1;;1-4(2)3;/h1-5H;;(H,1,2,3);1H2/q;+1;;. The second-order valence-electron chi connectivity index (χ2n) is 1.32. The van der Waals surface area contributed by atoms with Crippen molar-refractivity contribution in [2.24, 2.45) is 0 Å². The molecule has 12 heavy (non-hydrogen) atoms. The molecule has 1 aromatic heterocycles. The van der Waals surface area contributed by atoms with E-state index < -0.39 is 8.25 Å². The molecule has 1 unspecified atom stereocenters. The van der Waals surface area contributed by atoms with E-state index in [0.717, 1.165) is 0 Å². The summed E-state index contributed by atoms with van der Waals surface area (Å²) >= 11 is 0. The maximum atomic E-state index is 8.59. The molecule has 7 heteroatoms. The van der Waals surface area contributed by atoms with Crippen molar-refractivity contribution in [2.45, 2.75) is 0 Å². The molecule has 1 heterocycles. The molecule has 5 nitrogen and oxygen atoms in total. The zero-order chi connectivity index (χ0) is 7.82. The Morgan fingerprint density at radius 2 is 1.58 bits per heavy atom. The molecular formula is C5H8KNO4P+. The quantitative estimate of drug-likeness (QED) is 0.356. The Morgan fingerprint density at radius 3 is 1.67 bits per heavy atom. The predicted octanol–water partition coefficient (Wildman–Crippen LogP) is -3.68. The van der Waals surface area contributed by atoms with Gasteiger partial charge in [0.1, 0.15) is 0 Å². The molecule has 0 fully saturated rings. The summed E-state index contributed by atoms with van der Waals surface area (Å²) in [5.74, 6) is 0. The Morgan fingerprint density at radius 1 is 1.25 bits per heavy atom. The molecule has 0 aliphatic carbocycles. The summed E-state index contributed by atoms with van der Waals surface area (Å²) in [4.78, 5) is 18.5. The number of hydrogen-bond donors (Lipinski definition) is 1. The smallest absolute Gasteiger partial charge is 0.870 e. The Balaban J connectivity index is -0.000000124. The van der Waals surface area contributed by atoms with Crippen LogP contribution in [0, 0.1) is 0 Å². The predicted molar refractivity (Wildman–Crippen MR) is 34.8 cm³/mol. The van der Waals surface area contributed by atoms with Crippen LogP contribution in [0.15, 0.2) is 30.6 Å². The summed E-state index contributed by atoms with van der Waals surface area (Å²) in [5.41, 5.74) is 0. The van der Waals surface area contributed by atoms with E-state index in [1.807, 2.05) is 30.6 Å². The number of rotatable bonds is 0. The van der Waals surface area contributed by atoms with Crippen LogP contribution in [0.3, 0.4) is 0 Å². The van der Waals surface area contributed by atoms with Gasteiger partial charge in [0, 0.05) is 12.1 Å². The molecule has 3 N–H and O–H groups in total. The van der Waals surface area contributed by atoms with Crippen LogP contribution in [0.5, 0.6) is 0 Å². The van der Waals surface area contributed by atoms with Crippen molar-refractivity contribution in [3.8, 4) is 0 Å². The van der Waals surface area contributed by atoms with Crippen LogP contribution < -0.4 is 61.3 Å². The summed E-state index contributed by atoms with van der Waals surface area (Å²) < 4.78 is 8.59. The number of H-pyrrole nitrogens is 1. The van der Waals surface area contributed by atoms with Gasteiger partial charge in [0.2, 0.25) is 0 Å². The molecule has 0 spiro atoms. The minimum absolute atomic E-state index is 0. The molecule has 62 valence electrons. The molecule has 0 aliphatic heterocycles. The van der Waals surface area contributed by atoms with Crippen molar-refractivity contribution in [3.63, 3.8) is 0 Å². The molecule has 0 aliphatic rings. The van der Waals surface area contributed by atoms with Gasteiger partial charge in [-0.05, 0) is 4.57 Å². The van der Waals surface area contributed by atoms with Gasteiger partial charge < -0.3 is 10.4 Å². The molecule has 0 amide bonds. The van der Waals surface area contributed by atoms with E-state index in [-0.39, 0.29) is 56.9 Å². The Bertz CT molecular complexity index is 155. The van der Waals surface area contributed by atoms with Crippen molar-refractivity contribution < 1.29 is 76.2 Å². The third kappa shape index (κ3) is 22.4. The summed E-state index contributed by atoms with van der Waals surface area (Å²) in [6, 6.07) is 5.86. The third-order valence-electron chi connectivity index (χ3n) is 0.607. The Kier molecular flexibility index (Phi) is 22.1. The molecule has 0 bridgehead atoms. The van der Waals surface area contributed by atoms with Crippen LogP contribution in [0.25, 0.3) is 0 Å². The van der Waals surface area contributed by atoms with Crippen LogP contribution in [0.1, 0.15) is 0 Å². The first-order valence-electron chi connectivity index (χ1n) is 2.48. The number of nitrogens with one attached hydrogen (secondary N) is 1. The Labute approximate surface area is 114 Å². The van der Waals surface area contributed by atoms with E-state index in [9.17, 15) is 0 Å². The first kappa shape index (κ1) is 18.5. The van der Waals surface area contributed by atoms with Crippen molar-refractivity contribution in [3.05, 3.63) is 30.6 Å². The van der Waals surface area contributed by atoms with Crippen LogP contribution in [0.2, 0.25) is 0 Å². The first-order valence-corrected chi connectivity index (χ1v) is 3.61. The van der Waals surface area contributed by atoms with E-state index in [1.54, 1.807) is 0 Å². The van der Waals surface area contributed by atoms with Gasteiger partial charge >= 0.3 is 59.6 Å². The molecule has 0 aromatic carbocycles. The molecule has 1 aromatic rings. The topological polar surface area (TPSA) is 104 Å². The molecule has 0 saturated heterocycles. The van der Waals surface area contributed by atoms with Gasteiger partial charge in [-0.3, -0.25) is 0 Å². The summed E-state index contributed by atoms with van der Waals surface area (Å²) in [5, 5.41) is 0. The Hall–Kier alpha value is 0.766. The van der Waals surface area contributed by atoms with Crippen molar-refractivity contribution in [2.75, 3.05) is 0 Å². The van der Waals surface area contributed by atoms with Crippen LogP contribution in [-0.4, -0.2) is 10.4 Å². The van der Waals surface area contributed by atoms with Crippen LogP contribution in [-0.2, 0) is 4.57 Å². The summed E-state index contributed by atoms with van der Waals surface area (Å²) in [7, 11) is -3.12.